The van der Waals surface area contributed by atoms with Gasteiger partial charge in [-0.3, -0.25) is 0 Å². The molecule has 1 atom stereocenters. The molecular weight excluding hydrogens is 270 g/mol. The van der Waals surface area contributed by atoms with E-state index >= 15 is 0 Å². The zero-order valence-electron chi connectivity index (χ0n) is 12.6. The van der Waals surface area contributed by atoms with Crippen LogP contribution in [0.25, 0.3) is 0 Å². The molecule has 1 unspecified atom stereocenters. The molecule has 112 valence electrons. The Hall–Kier alpha value is -0.770. The van der Waals surface area contributed by atoms with Gasteiger partial charge in [0.05, 0.1) is 10.7 Å². The summed E-state index contributed by atoms with van der Waals surface area (Å²) in [5.74, 6) is 0. The van der Waals surface area contributed by atoms with E-state index in [4.69, 9.17) is 17.3 Å². The van der Waals surface area contributed by atoms with Crippen LogP contribution in [-0.2, 0) is 6.42 Å². The van der Waals surface area contributed by atoms with Crippen molar-refractivity contribution in [2.45, 2.75) is 32.2 Å². The highest BCUT2D eigenvalue weighted by atomic mass is 35.5. The minimum absolute atomic E-state index is 0.210. The molecule has 0 bridgehead atoms. The fourth-order valence-electron chi connectivity index (χ4n) is 2.78. The summed E-state index contributed by atoms with van der Waals surface area (Å²) in [6.07, 6.45) is 3.08. The normalized spacial score (nSPS) is 18.9. The molecule has 0 spiro atoms. The second-order valence-electron chi connectivity index (χ2n) is 5.76. The third kappa shape index (κ3) is 3.87. The molecule has 1 aliphatic rings. The molecule has 2 rings (SSSR count). The van der Waals surface area contributed by atoms with Gasteiger partial charge in [0.2, 0.25) is 0 Å². The Kier molecular flexibility index (Phi) is 5.70. The SMILES string of the molecule is CCC(N)Cc1cccc(Cl)c1N1CCCN(C)CC1. The van der Waals surface area contributed by atoms with Crippen LogP contribution in [0.15, 0.2) is 18.2 Å². The first kappa shape index (κ1) is 15.6. The average Bonchev–Trinajstić information content (AvgIpc) is 2.64. The Morgan fingerprint density at radius 1 is 1.25 bits per heavy atom. The molecule has 1 fully saturated rings. The first-order chi connectivity index (χ1) is 9.61. The van der Waals surface area contributed by atoms with E-state index in [1.807, 2.05) is 12.1 Å². The van der Waals surface area contributed by atoms with Crippen molar-refractivity contribution in [1.29, 1.82) is 0 Å². The summed E-state index contributed by atoms with van der Waals surface area (Å²) in [6, 6.07) is 6.41. The second kappa shape index (κ2) is 7.30. The number of halogens is 1. The molecule has 20 heavy (non-hydrogen) atoms. The van der Waals surface area contributed by atoms with Gasteiger partial charge in [-0.15, -0.1) is 0 Å². The number of hydrogen-bond acceptors (Lipinski definition) is 3. The van der Waals surface area contributed by atoms with Crippen LogP contribution >= 0.6 is 11.6 Å². The third-order valence-corrected chi connectivity index (χ3v) is 4.42. The van der Waals surface area contributed by atoms with Gasteiger partial charge in [0, 0.05) is 25.7 Å². The highest BCUT2D eigenvalue weighted by Crippen LogP contribution is 2.31. The van der Waals surface area contributed by atoms with Gasteiger partial charge in [0.1, 0.15) is 0 Å². The number of para-hydroxylation sites is 1. The van der Waals surface area contributed by atoms with E-state index < -0.39 is 0 Å². The van der Waals surface area contributed by atoms with Crippen LogP contribution in [0.4, 0.5) is 5.69 Å². The van der Waals surface area contributed by atoms with E-state index in [9.17, 15) is 0 Å². The maximum atomic E-state index is 6.48. The van der Waals surface area contributed by atoms with Crippen molar-refractivity contribution in [3.05, 3.63) is 28.8 Å². The Morgan fingerprint density at radius 2 is 2.05 bits per heavy atom. The molecule has 0 radical (unpaired) electrons. The summed E-state index contributed by atoms with van der Waals surface area (Å²) in [4.78, 5) is 4.82. The van der Waals surface area contributed by atoms with Gasteiger partial charge >= 0.3 is 0 Å². The van der Waals surface area contributed by atoms with Crippen molar-refractivity contribution in [2.24, 2.45) is 5.73 Å². The third-order valence-electron chi connectivity index (χ3n) is 4.11. The highest BCUT2D eigenvalue weighted by Gasteiger charge is 2.18. The molecule has 1 saturated heterocycles. The molecule has 1 heterocycles. The number of likely N-dealkylation sites (N-methyl/N-ethyl adjacent to an activating group) is 1. The fraction of sp³-hybridized carbons (Fsp3) is 0.625. The topological polar surface area (TPSA) is 32.5 Å². The van der Waals surface area contributed by atoms with E-state index in [2.05, 4.69) is 29.8 Å². The lowest BCUT2D eigenvalue weighted by molar-refractivity contribution is 0.360. The van der Waals surface area contributed by atoms with Crippen LogP contribution in [0.2, 0.25) is 5.02 Å². The van der Waals surface area contributed by atoms with Crippen LogP contribution in [0.5, 0.6) is 0 Å². The van der Waals surface area contributed by atoms with E-state index in [1.165, 1.54) is 17.7 Å². The zero-order valence-corrected chi connectivity index (χ0v) is 13.4. The van der Waals surface area contributed by atoms with E-state index in [0.717, 1.165) is 44.0 Å². The van der Waals surface area contributed by atoms with E-state index in [-0.39, 0.29) is 6.04 Å². The highest BCUT2D eigenvalue weighted by molar-refractivity contribution is 6.33. The molecule has 1 aliphatic heterocycles. The number of benzene rings is 1. The lowest BCUT2D eigenvalue weighted by Crippen LogP contribution is -2.30. The maximum absolute atomic E-state index is 6.48. The van der Waals surface area contributed by atoms with Gasteiger partial charge in [0.25, 0.3) is 0 Å². The number of hydrogen-bond donors (Lipinski definition) is 1. The Labute approximate surface area is 127 Å². The number of nitrogens with zero attached hydrogens (tertiary/aromatic N) is 2. The molecule has 1 aromatic rings. The number of anilines is 1. The van der Waals surface area contributed by atoms with Crippen LogP contribution < -0.4 is 10.6 Å². The maximum Gasteiger partial charge on any atom is 0.0642 e. The summed E-state index contributed by atoms with van der Waals surface area (Å²) in [6.45, 7) is 6.49. The summed E-state index contributed by atoms with van der Waals surface area (Å²) in [7, 11) is 2.18. The number of rotatable bonds is 4. The van der Waals surface area contributed by atoms with E-state index in [1.54, 1.807) is 0 Å². The molecular formula is C16H26ClN3. The summed E-state index contributed by atoms with van der Waals surface area (Å²) >= 11 is 6.48. The van der Waals surface area contributed by atoms with Gasteiger partial charge in [-0.05, 0) is 44.5 Å². The molecule has 2 N–H and O–H groups in total. The standard InChI is InChI=1S/C16H26ClN3/c1-3-14(18)12-13-6-4-7-15(17)16(13)20-9-5-8-19(2)10-11-20/h4,6-7,14H,3,5,8-12,18H2,1-2H3. The summed E-state index contributed by atoms with van der Waals surface area (Å²) in [5, 5.41) is 0.857. The first-order valence-electron chi connectivity index (χ1n) is 7.58. The molecule has 1 aromatic carbocycles. The van der Waals surface area contributed by atoms with Crippen LogP contribution in [0.1, 0.15) is 25.3 Å². The quantitative estimate of drug-likeness (QED) is 0.927. The largest absolute Gasteiger partial charge is 0.369 e. The zero-order chi connectivity index (χ0) is 14.5. The lowest BCUT2D eigenvalue weighted by atomic mass is 10.0. The Balaban J connectivity index is 2.24. The molecule has 4 heteroatoms. The van der Waals surface area contributed by atoms with Crippen LogP contribution in [-0.4, -0.2) is 44.2 Å². The fourth-order valence-corrected chi connectivity index (χ4v) is 3.09. The Bertz CT molecular complexity index is 436. The predicted octanol–water partition coefficient (Wildman–Crippen LogP) is 2.76. The van der Waals surface area contributed by atoms with Crippen molar-refractivity contribution >= 4 is 17.3 Å². The van der Waals surface area contributed by atoms with Gasteiger partial charge in [0.15, 0.2) is 0 Å². The van der Waals surface area contributed by atoms with Crippen molar-refractivity contribution in [1.82, 2.24) is 4.90 Å². The van der Waals surface area contributed by atoms with Crippen molar-refractivity contribution in [3.8, 4) is 0 Å². The minimum atomic E-state index is 0.210. The average molecular weight is 296 g/mol. The van der Waals surface area contributed by atoms with E-state index in [0.29, 0.717) is 0 Å². The van der Waals surface area contributed by atoms with Crippen LogP contribution in [0.3, 0.4) is 0 Å². The molecule has 0 aliphatic carbocycles. The molecule has 3 nitrogen and oxygen atoms in total. The monoisotopic (exact) mass is 295 g/mol. The van der Waals surface area contributed by atoms with Crippen molar-refractivity contribution < 1.29 is 0 Å². The lowest BCUT2D eigenvalue weighted by Gasteiger charge is -2.27. The van der Waals surface area contributed by atoms with Crippen molar-refractivity contribution in [2.75, 3.05) is 38.1 Å². The summed E-state index contributed by atoms with van der Waals surface area (Å²) < 4.78 is 0. The molecule has 0 amide bonds. The van der Waals surface area contributed by atoms with Crippen LogP contribution in [0, 0.1) is 0 Å². The Morgan fingerprint density at radius 3 is 2.80 bits per heavy atom. The first-order valence-corrected chi connectivity index (χ1v) is 7.96. The van der Waals surface area contributed by atoms with Gasteiger partial charge < -0.3 is 15.5 Å². The van der Waals surface area contributed by atoms with Gasteiger partial charge in [-0.1, -0.05) is 30.7 Å². The second-order valence-corrected chi connectivity index (χ2v) is 6.17. The molecule has 0 aromatic heterocycles. The van der Waals surface area contributed by atoms with Crippen molar-refractivity contribution in [3.63, 3.8) is 0 Å². The molecule has 0 saturated carbocycles. The number of nitrogens with two attached hydrogens (primary N) is 1. The minimum Gasteiger partial charge on any atom is -0.369 e. The van der Waals surface area contributed by atoms with Gasteiger partial charge in [-0.25, -0.2) is 0 Å². The smallest absolute Gasteiger partial charge is 0.0642 e. The summed E-state index contributed by atoms with van der Waals surface area (Å²) in [5.41, 5.74) is 8.63. The van der Waals surface area contributed by atoms with Gasteiger partial charge in [-0.2, -0.15) is 0 Å². The predicted molar refractivity (Wildman–Crippen MR) is 87.7 cm³/mol.